The van der Waals surface area contributed by atoms with Crippen LogP contribution in [0, 0.1) is 5.41 Å². The van der Waals surface area contributed by atoms with Crippen molar-refractivity contribution in [1.29, 1.82) is 5.41 Å². The molecule has 0 amide bonds. The highest BCUT2D eigenvalue weighted by molar-refractivity contribution is 5.69. The van der Waals surface area contributed by atoms with Crippen molar-refractivity contribution in [2.45, 2.75) is 18.9 Å². The fourth-order valence-corrected chi connectivity index (χ4v) is 1.02. The topological polar surface area (TPSA) is 54.3 Å². The minimum Gasteiger partial charge on any atom is -0.462 e. The van der Waals surface area contributed by atoms with E-state index >= 15 is 0 Å². The number of hydrogen-bond donors (Lipinski definition) is 2. The molecule has 0 aromatic carbocycles. The molecule has 0 aliphatic carbocycles. The average Bonchev–Trinajstić information content (AvgIpc) is 2.06. The lowest BCUT2D eigenvalue weighted by Gasteiger charge is -2.22. The standard InChI is InChI=1S/C7H14N2O2/c1-9-7(8)11-6-2-4-10-5-3-6/h6H,2-5H2,1H3,(H2,8,9). The van der Waals surface area contributed by atoms with Gasteiger partial charge in [0.1, 0.15) is 6.10 Å². The zero-order valence-electron chi connectivity index (χ0n) is 6.72. The molecule has 1 aliphatic heterocycles. The quantitative estimate of drug-likeness (QED) is 0.427. The van der Waals surface area contributed by atoms with Gasteiger partial charge in [0.25, 0.3) is 6.02 Å². The molecule has 0 bridgehead atoms. The molecule has 11 heavy (non-hydrogen) atoms. The Morgan fingerprint density at radius 2 is 2.18 bits per heavy atom. The lowest BCUT2D eigenvalue weighted by atomic mass is 10.2. The van der Waals surface area contributed by atoms with Crippen molar-refractivity contribution in [3.8, 4) is 0 Å². The van der Waals surface area contributed by atoms with Crippen LogP contribution < -0.4 is 5.32 Å². The first-order chi connectivity index (χ1) is 5.33. The molecular weight excluding hydrogens is 144 g/mol. The van der Waals surface area contributed by atoms with E-state index in [1.807, 2.05) is 0 Å². The Bertz CT molecular complexity index is 132. The molecule has 4 heteroatoms. The molecule has 1 fully saturated rings. The van der Waals surface area contributed by atoms with Crippen molar-refractivity contribution >= 4 is 6.02 Å². The van der Waals surface area contributed by atoms with Crippen LogP contribution in [0.4, 0.5) is 0 Å². The monoisotopic (exact) mass is 158 g/mol. The Morgan fingerprint density at radius 1 is 1.55 bits per heavy atom. The predicted molar refractivity (Wildman–Crippen MR) is 41.7 cm³/mol. The molecule has 2 N–H and O–H groups in total. The molecule has 0 spiro atoms. The van der Waals surface area contributed by atoms with Crippen molar-refractivity contribution in [2.24, 2.45) is 0 Å². The molecule has 0 radical (unpaired) electrons. The molecule has 0 atom stereocenters. The minimum absolute atomic E-state index is 0.150. The fourth-order valence-electron chi connectivity index (χ4n) is 1.02. The Balaban J connectivity index is 2.19. The van der Waals surface area contributed by atoms with E-state index in [4.69, 9.17) is 14.9 Å². The molecule has 0 unspecified atom stereocenters. The van der Waals surface area contributed by atoms with Crippen molar-refractivity contribution in [2.75, 3.05) is 20.3 Å². The maximum Gasteiger partial charge on any atom is 0.281 e. The first kappa shape index (κ1) is 8.33. The Labute approximate surface area is 66.4 Å². The summed E-state index contributed by atoms with van der Waals surface area (Å²) in [5.74, 6) is 0. The molecule has 1 heterocycles. The zero-order valence-corrected chi connectivity index (χ0v) is 6.72. The fraction of sp³-hybridized carbons (Fsp3) is 0.857. The lowest BCUT2D eigenvalue weighted by Crippen LogP contribution is -2.30. The summed E-state index contributed by atoms with van der Waals surface area (Å²) in [6.45, 7) is 1.50. The normalized spacial score (nSPS) is 19.4. The summed E-state index contributed by atoms with van der Waals surface area (Å²) < 4.78 is 10.4. The number of rotatable bonds is 1. The molecule has 4 nitrogen and oxygen atoms in total. The van der Waals surface area contributed by atoms with Crippen LogP contribution in [0.25, 0.3) is 0 Å². The third kappa shape index (κ3) is 2.76. The van der Waals surface area contributed by atoms with Crippen molar-refractivity contribution in [3.63, 3.8) is 0 Å². The molecule has 0 aromatic heterocycles. The number of ether oxygens (including phenoxy) is 2. The molecule has 64 valence electrons. The summed E-state index contributed by atoms with van der Waals surface area (Å²) in [5, 5.41) is 9.83. The van der Waals surface area contributed by atoms with Crippen LogP contribution in [0.5, 0.6) is 0 Å². The SMILES string of the molecule is CNC(=N)OC1CCOCC1. The van der Waals surface area contributed by atoms with Gasteiger partial charge in [-0.15, -0.1) is 0 Å². The van der Waals surface area contributed by atoms with Gasteiger partial charge in [-0.3, -0.25) is 5.41 Å². The van der Waals surface area contributed by atoms with Gasteiger partial charge in [-0.2, -0.15) is 0 Å². The Hall–Kier alpha value is -0.770. The number of nitrogens with one attached hydrogen (secondary N) is 2. The predicted octanol–water partition coefficient (Wildman–Crippen LogP) is 0.336. The first-order valence-electron chi connectivity index (χ1n) is 3.83. The van der Waals surface area contributed by atoms with Crippen LogP contribution in [0.15, 0.2) is 0 Å². The van der Waals surface area contributed by atoms with Gasteiger partial charge >= 0.3 is 0 Å². The molecule has 1 aliphatic rings. The third-order valence-corrected chi connectivity index (χ3v) is 1.68. The molecule has 1 saturated heterocycles. The van der Waals surface area contributed by atoms with E-state index < -0.39 is 0 Å². The average molecular weight is 158 g/mol. The van der Waals surface area contributed by atoms with Gasteiger partial charge in [0.15, 0.2) is 0 Å². The van der Waals surface area contributed by atoms with Crippen molar-refractivity contribution in [3.05, 3.63) is 0 Å². The van der Waals surface area contributed by atoms with Crippen LogP contribution in [0.3, 0.4) is 0 Å². The van der Waals surface area contributed by atoms with Gasteiger partial charge in [0.05, 0.1) is 13.2 Å². The van der Waals surface area contributed by atoms with Crippen LogP contribution >= 0.6 is 0 Å². The minimum atomic E-state index is 0.150. The summed E-state index contributed by atoms with van der Waals surface area (Å²) in [6.07, 6.45) is 1.96. The maximum absolute atomic E-state index is 7.20. The van der Waals surface area contributed by atoms with Gasteiger partial charge in [0.2, 0.25) is 0 Å². The largest absolute Gasteiger partial charge is 0.462 e. The summed E-state index contributed by atoms with van der Waals surface area (Å²) in [5.41, 5.74) is 0. The van der Waals surface area contributed by atoms with Gasteiger partial charge in [-0.25, -0.2) is 0 Å². The number of hydrogen-bond acceptors (Lipinski definition) is 3. The molecule has 0 saturated carbocycles. The van der Waals surface area contributed by atoms with Gasteiger partial charge in [-0.05, 0) is 0 Å². The summed E-state index contributed by atoms with van der Waals surface area (Å²) >= 11 is 0. The summed E-state index contributed by atoms with van der Waals surface area (Å²) in [6, 6.07) is 0.150. The zero-order chi connectivity index (χ0) is 8.10. The second kappa shape index (κ2) is 4.18. The van der Waals surface area contributed by atoms with E-state index in [2.05, 4.69) is 5.32 Å². The van der Waals surface area contributed by atoms with E-state index in [0.717, 1.165) is 26.1 Å². The third-order valence-electron chi connectivity index (χ3n) is 1.68. The van der Waals surface area contributed by atoms with Crippen LogP contribution in [0.1, 0.15) is 12.8 Å². The molecule has 0 aromatic rings. The van der Waals surface area contributed by atoms with Gasteiger partial charge < -0.3 is 14.8 Å². The second-order valence-corrected chi connectivity index (χ2v) is 2.51. The van der Waals surface area contributed by atoms with Crippen LogP contribution in [0.2, 0.25) is 0 Å². The Morgan fingerprint density at radius 3 is 2.73 bits per heavy atom. The van der Waals surface area contributed by atoms with Crippen LogP contribution in [-0.4, -0.2) is 32.4 Å². The highest BCUT2D eigenvalue weighted by atomic mass is 16.5. The van der Waals surface area contributed by atoms with E-state index in [-0.39, 0.29) is 12.1 Å². The highest BCUT2D eigenvalue weighted by Gasteiger charge is 2.15. The Kier molecular flexibility index (Phi) is 3.16. The first-order valence-corrected chi connectivity index (χ1v) is 3.83. The smallest absolute Gasteiger partial charge is 0.281 e. The maximum atomic E-state index is 7.20. The van der Waals surface area contributed by atoms with E-state index in [1.54, 1.807) is 7.05 Å². The summed E-state index contributed by atoms with van der Waals surface area (Å²) in [4.78, 5) is 0. The van der Waals surface area contributed by atoms with E-state index in [1.165, 1.54) is 0 Å². The number of amidine groups is 1. The highest BCUT2D eigenvalue weighted by Crippen LogP contribution is 2.09. The van der Waals surface area contributed by atoms with Crippen molar-refractivity contribution in [1.82, 2.24) is 5.32 Å². The second-order valence-electron chi connectivity index (χ2n) is 2.51. The lowest BCUT2D eigenvalue weighted by molar-refractivity contribution is 0.0179. The van der Waals surface area contributed by atoms with E-state index in [0.29, 0.717) is 0 Å². The molecule has 1 rings (SSSR count). The van der Waals surface area contributed by atoms with Gasteiger partial charge in [-0.1, -0.05) is 0 Å². The van der Waals surface area contributed by atoms with E-state index in [9.17, 15) is 0 Å². The van der Waals surface area contributed by atoms with Gasteiger partial charge in [0, 0.05) is 19.9 Å². The van der Waals surface area contributed by atoms with Crippen LogP contribution in [-0.2, 0) is 9.47 Å². The van der Waals surface area contributed by atoms with Crippen molar-refractivity contribution < 1.29 is 9.47 Å². The summed E-state index contributed by atoms with van der Waals surface area (Å²) in [7, 11) is 1.68. The molecular formula is C7H14N2O2.